The highest BCUT2D eigenvalue weighted by Crippen LogP contribution is 2.35. The zero-order valence-electron chi connectivity index (χ0n) is 9.76. The van der Waals surface area contributed by atoms with Gasteiger partial charge in [0.05, 0.1) is 12.2 Å². The molecule has 0 unspecified atom stereocenters. The molecule has 3 rings (SSSR count). The maximum Gasteiger partial charge on any atom is 0.143 e. The molecular formula is C14H14N2O. The van der Waals surface area contributed by atoms with E-state index in [1.165, 1.54) is 5.69 Å². The largest absolute Gasteiger partial charge is 0.490 e. The topological polar surface area (TPSA) is 25.4 Å². The van der Waals surface area contributed by atoms with E-state index >= 15 is 0 Å². The second kappa shape index (κ2) is 4.09. The van der Waals surface area contributed by atoms with Crippen molar-refractivity contribution in [3.8, 4) is 5.75 Å². The molecule has 3 heteroatoms. The number of hydrogen-bond donors (Lipinski definition) is 0. The van der Waals surface area contributed by atoms with Crippen LogP contribution >= 0.6 is 0 Å². The fourth-order valence-corrected chi connectivity index (χ4v) is 2.14. The van der Waals surface area contributed by atoms with Crippen LogP contribution in [0.15, 0.2) is 42.6 Å². The summed E-state index contributed by atoms with van der Waals surface area (Å²) in [6.45, 7) is 3.61. The molecule has 86 valence electrons. The first-order valence-electron chi connectivity index (χ1n) is 5.76. The summed E-state index contributed by atoms with van der Waals surface area (Å²) in [6.07, 6.45) is 1.85. The molecule has 0 atom stereocenters. The molecule has 1 aliphatic rings. The lowest BCUT2D eigenvalue weighted by molar-refractivity contribution is 0.314. The number of aryl methyl sites for hydroxylation is 1. The first kappa shape index (κ1) is 10.1. The molecule has 2 aromatic rings. The Kier molecular flexibility index (Phi) is 2.44. The van der Waals surface area contributed by atoms with Gasteiger partial charge in [0.1, 0.15) is 12.4 Å². The lowest BCUT2D eigenvalue weighted by Gasteiger charge is -2.31. The maximum absolute atomic E-state index is 5.65. The Bertz CT molecular complexity index is 539. The van der Waals surface area contributed by atoms with Gasteiger partial charge in [0.2, 0.25) is 0 Å². The summed E-state index contributed by atoms with van der Waals surface area (Å²) in [7, 11) is 0. The van der Waals surface area contributed by atoms with Crippen molar-refractivity contribution in [1.82, 2.24) is 4.98 Å². The molecule has 2 heterocycles. The molecule has 0 spiro atoms. The van der Waals surface area contributed by atoms with Crippen LogP contribution in [0.2, 0.25) is 0 Å². The molecule has 0 bridgehead atoms. The van der Waals surface area contributed by atoms with Gasteiger partial charge in [-0.05, 0) is 31.2 Å². The highest BCUT2D eigenvalue weighted by Gasteiger charge is 2.18. The average molecular weight is 226 g/mol. The van der Waals surface area contributed by atoms with E-state index in [1.54, 1.807) is 0 Å². The van der Waals surface area contributed by atoms with Crippen molar-refractivity contribution in [3.63, 3.8) is 0 Å². The van der Waals surface area contributed by atoms with E-state index in [2.05, 4.69) is 22.0 Å². The molecule has 1 aromatic carbocycles. The Morgan fingerprint density at radius 1 is 1.24 bits per heavy atom. The molecule has 0 aliphatic carbocycles. The van der Waals surface area contributed by atoms with Crippen LogP contribution in [-0.2, 0) is 0 Å². The number of aromatic nitrogens is 1. The summed E-state index contributed by atoms with van der Waals surface area (Å²) in [6, 6.07) is 12.3. The quantitative estimate of drug-likeness (QED) is 0.747. The van der Waals surface area contributed by atoms with Crippen molar-refractivity contribution in [2.24, 2.45) is 0 Å². The number of ether oxygens (including phenoxy) is 1. The minimum Gasteiger partial charge on any atom is -0.490 e. The summed E-state index contributed by atoms with van der Waals surface area (Å²) in [5, 5.41) is 0. The van der Waals surface area contributed by atoms with E-state index in [0.29, 0.717) is 0 Å². The summed E-state index contributed by atoms with van der Waals surface area (Å²) < 4.78 is 5.65. The number of benzene rings is 1. The number of nitrogens with zero attached hydrogens (tertiary/aromatic N) is 2. The summed E-state index contributed by atoms with van der Waals surface area (Å²) in [5.74, 6) is 0.952. The van der Waals surface area contributed by atoms with Crippen molar-refractivity contribution in [1.29, 1.82) is 0 Å². The Balaban J connectivity index is 2.06. The van der Waals surface area contributed by atoms with Crippen LogP contribution < -0.4 is 9.64 Å². The van der Waals surface area contributed by atoms with Crippen molar-refractivity contribution in [3.05, 3.63) is 48.3 Å². The number of para-hydroxylation sites is 2. The van der Waals surface area contributed by atoms with Crippen LogP contribution in [0.1, 0.15) is 5.69 Å². The zero-order valence-corrected chi connectivity index (χ0v) is 9.76. The lowest BCUT2D eigenvalue weighted by atomic mass is 10.2. The van der Waals surface area contributed by atoms with Crippen LogP contribution in [0.3, 0.4) is 0 Å². The smallest absolute Gasteiger partial charge is 0.143 e. The lowest BCUT2D eigenvalue weighted by Crippen LogP contribution is -2.28. The molecule has 0 radical (unpaired) electrons. The van der Waals surface area contributed by atoms with Gasteiger partial charge in [0.15, 0.2) is 0 Å². The molecule has 1 aromatic heterocycles. The van der Waals surface area contributed by atoms with E-state index in [-0.39, 0.29) is 0 Å². The molecule has 0 amide bonds. The molecule has 0 N–H and O–H groups in total. The van der Waals surface area contributed by atoms with Crippen LogP contribution in [0.5, 0.6) is 5.75 Å². The Morgan fingerprint density at radius 2 is 2.12 bits per heavy atom. The van der Waals surface area contributed by atoms with Gasteiger partial charge in [0, 0.05) is 17.6 Å². The zero-order chi connectivity index (χ0) is 11.7. The van der Waals surface area contributed by atoms with Crippen LogP contribution in [-0.4, -0.2) is 18.1 Å². The van der Waals surface area contributed by atoms with Gasteiger partial charge in [-0.1, -0.05) is 12.1 Å². The van der Waals surface area contributed by atoms with Crippen LogP contribution in [0.25, 0.3) is 0 Å². The average Bonchev–Trinajstić information content (AvgIpc) is 2.38. The van der Waals surface area contributed by atoms with Gasteiger partial charge in [-0.3, -0.25) is 4.98 Å². The third kappa shape index (κ3) is 1.84. The van der Waals surface area contributed by atoms with E-state index in [1.807, 2.05) is 37.4 Å². The van der Waals surface area contributed by atoms with Gasteiger partial charge in [-0.15, -0.1) is 0 Å². The van der Waals surface area contributed by atoms with Crippen molar-refractivity contribution < 1.29 is 4.74 Å². The van der Waals surface area contributed by atoms with Crippen molar-refractivity contribution in [2.45, 2.75) is 6.92 Å². The molecule has 0 saturated carbocycles. The van der Waals surface area contributed by atoms with E-state index < -0.39 is 0 Å². The van der Waals surface area contributed by atoms with E-state index in [0.717, 1.165) is 30.3 Å². The third-order valence-corrected chi connectivity index (χ3v) is 2.92. The standard InChI is InChI=1S/C14H14N2O/c1-11-10-12(6-7-15-11)16-8-9-17-14-5-3-2-4-13(14)16/h2-7,10H,8-9H2,1H3. The van der Waals surface area contributed by atoms with Gasteiger partial charge in [-0.25, -0.2) is 0 Å². The van der Waals surface area contributed by atoms with Gasteiger partial charge in [-0.2, -0.15) is 0 Å². The maximum atomic E-state index is 5.65. The summed E-state index contributed by atoms with van der Waals surface area (Å²) in [4.78, 5) is 6.50. The van der Waals surface area contributed by atoms with Crippen LogP contribution in [0.4, 0.5) is 11.4 Å². The third-order valence-electron chi connectivity index (χ3n) is 2.92. The van der Waals surface area contributed by atoms with E-state index in [4.69, 9.17) is 4.74 Å². The van der Waals surface area contributed by atoms with E-state index in [9.17, 15) is 0 Å². The number of rotatable bonds is 1. The molecule has 1 aliphatic heterocycles. The SMILES string of the molecule is Cc1cc(N2CCOc3ccccc32)ccn1. The number of anilines is 2. The predicted octanol–water partition coefficient (Wildman–Crippen LogP) is 2.92. The summed E-state index contributed by atoms with van der Waals surface area (Å²) >= 11 is 0. The van der Waals surface area contributed by atoms with Gasteiger partial charge in [0.25, 0.3) is 0 Å². The highest BCUT2D eigenvalue weighted by atomic mass is 16.5. The van der Waals surface area contributed by atoms with Crippen LogP contribution in [0, 0.1) is 6.92 Å². The fourth-order valence-electron chi connectivity index (χ4n) is 2.14. The fraction of sp³-hybridized carbons (Fsp3) is 0.214. The first-order valence-corrected chi connectivity index (χ1v) is 5.76. The minimum absolute atomic E-state index is 0.721. The number of pyridine rings is 1. The van der Waals surface area contributed by atoms with Crippen molar-refractivity contribution >= 4 is 11.4 Å². The molecule has 0 fully saturated rings. The molecule has 0 saturated heterocycles. The summed E-state index contributed by atoms with van der Waals surface area (Å²) in [5.41, 5.74) is 3.34. The molecular weight excluding hydrogens is 212 g/mol. The van der Waals surface area contributed by atoms with Gasteiger partial charge >= 0.3 is 0 Å². The second-order valence-electron chi connectivity index (χ2n) is 4.12. The predicted molar refractivity (Wildman–Crippen MR) is 67.9 cm³/mol. The Hall–Kier alpha value is -2.03. The normalized spacial score (nSPS) is 14.1. The monoisotopic (exact) mass is 226 g/mol. The molecule has 3 nitrogen and oxygen atoms in total. The van der Waals surface area contributed by atoms with Crippen molar-refractivity contribution in [2.75, 3.05) is 18.1 Å². The van der Waals surface area contributed by atoms with Gasteiger partial charge < -0.3 is 9.64 Å². The number of fused-ring (bicyclic) bond motifs is 1. The first-order chi connectivity index (χ1) is 8.34. The number of hydrogen-bond acceptors (Lipinski definition) is 3. The Morgan fingerprint density at radius 3 is 3.00 bits per heavy atom. The minimum atomic E-state index is 0.721. The highest BCUT2D eigenvalue weighted by molar-refractivity contribution is 5.70. The second-order valence-corrected chi connectivity index (χ2v) is 4.12. The molecule has 17 heavy (non-hydrogen) atoms. The Labute approximate surface area is 101 Å².